The van der Waals surface area contributed by atoms with Crippen molar-refractivity contribution in [2.75, 3.05) is 11.9 Å². The first-order valence-electron chi connectivity index (χ1n) is 5.66. The fourth-order valence-electron chi connectivity index (χ4n) is 2.03. The van der Waals surface area contributed by atoms with E-state index in [4.69, 9.17) is 4.74 Å². The number of pyridine rings is 1. The maximum Gasteiger partial charge on any atom is 0.106 e. The normalized spacial score (nSPS) is 25.4. The molecule has 0 aromatic carbocycles. The second-order valence-electron chi connectivity index (χ2n) is 4.31. The van der Waals surface area contributed by atoms with E-state index in [1.807, 2.05) is 13.0 Å². The highest BCUT2D eigenvalue weighted by atomic mass is 79.9. The molecule has 1 fully saturated rings. The van der Waals surface area contributed by atoms with Crippen molar-refractivity contribution in [1.82, 2.24) is 4.98 Å². The van der Waals surface area contributed by atoms with Gasteiger partial charge in [0.15, 0.2) is 0 Å². The standard InChI is InChI=1S/C12H17BrN2O/c1-8-7-10(5-6-16-8)15-11-3-4-12(13)14-9(11)2/h3-4,8,10,15H,5-7H2,1-2H3. The first-order chi connectivity index (χ1) is 7.65. The van der Waals surface area contributed by atoms with E-state index >= 15 is 0 Å². The molecule has 0 bridgehead atoms. The summed E-state index contributed by atoms with van der Waals surface area (Å²) in [7, 11) is 0. The average Bonchev–Trinajstić information content (AvgIpc) is 2.22. The summed E-state index contributed by atoms with van der Waals surface area (Å²) < 4.78 is 6.42. The number of ether oxygens (including phenoxy) is 1. The molecule has 2 rings (SSSR count). The highest BCUT2D eigenvalue weighted by Gasteiger charge is 2.19. The summed E-state index contributed by atoms with van der Waals surface area (Å²) in [6.07, 6.45) is 2.49. The predicted octanol–water partition coefficient (Wildman–Crippen LogP) is 3.13. The Labute approximate surface area is 105 Å². The van der Waals surface area contributed by atoms with E-state index in [0.717, 1.165) is 35.4 Å². The Bertz CT molecular complexity index is 370. The van der Waals surface area contributed by atoms with Crippen LogP contribution < -0.4 is 5.32 Å². The van der Waals surface area contributed by atoms with Crippen LogP contribution in [0.15, 0.2) is 16.7 Å². The van der Waals surface area contributed by atoms with Gasteiger partial charge in [-0.3, -0.25) is 0 Å². The van der Waals surface area contributed by atoms with Crippen LogP contribution in [0.3, 0.4) is 0 Å². The number of aromatic nitrogens is 1. The van der Waals surface area contributed by atoms with Crippen LogP contribution >= 0.6 is 15.9 Å². The molecule has 3 nitrogen and oxygen atoms in total. The molecule has 1 aromatic heterocycles. The van der Waals surface area contributed by atoms with Crippen molar-refractivity contribution in [3.63, 3.8) is 0 Å². The van der Waals surface area contributed by atoms with Crippen molar-refractivity contribution in [2.24, 2.45) is 0 Å². The van der Waals surface area contributed by atoms with Gasteiger partial charge in [-0.1, -0.05) is 0 Å². The van der Waals surface area contributed by atoms with Crippen molar-refractivity contribution in [3.8, 4) is 0 Å². The maximum atomic E-state index is 5.53. The van der Waals surface area contributed by atoms with Gasteiger partial charge in [0.1, 0.15) is 4.60 Å². The number of rotatable bonds is 2. The van der Waals surface area contributed by atoms with Gasteiger partial charge in [-0.15, -0.1) is 0 Å². The number of hydrogen-bond acceptors (Lipinski definition) is 3. The fraction of sp³-hybridized carbons (Fsp3) is 0.583. The molecule has 1 aliphatic rings. The minimum atomic E-state index is 0.356. The van der Waals surface area contributed by atoms with Crippen LogP contribution in [0.5, 0.6) is 0 Å². The molecule has 0 spiro atoms. The Morgan fingerprint density at radius 2 is 2.31 bits per heavy atom. The van der Waals surface area contributed by atoms with E-state index in [2.05, 4.69) is 39.2 Å². The summed E-state index contributed by atoms with van der Waals surface area (Å²) in [4.78, 5) is 4.38. The SMILES string of the molecule is Cc1nc(Br)ccc1NC1CCOC(C)C1. The van der Waals surface area contributed by atoms with E-state index in [-0.39, 0.29) is 0 Å². The Morgan fingerprint density at radius 3 is 3.00 bits per heavy atom. The third-order valence-electron chi connectivity index (χ3n) is 2.90. The quantitative estimate of drug-likeness (QED) is 0.848. The van der Waals surface area contributed by atoms with Crippen LogP contribution in [0.4, 0.5) is 5.69 Å². The van der Waals surface area contributed by atoms with Crippen LogP contribution in [-0.4, -0.2) is 23.7 Å². The molecule has 1 saturated heterocycles. The largest absolute Gasteiger partial charge is 0.381 e. The van der Waals surface area contributed by atoms with E-state index in [1.165, 1.54) is 0 Å². The second-order valence-corrected chi connectivity index (χ2v) is 5.13. The lowest BCUT2D eigenvalue weighted by atomic mass is 10.0. The Kier molecular flexibility index (Phi) is 3.82. The summed E-state index contributed by atoms with van der Waals surface area (Å²) in [5.41, 5.74) is 2.16. The molecular formula is C12H17BrN2O. The molecule has 88 valence electrons. The van der Waals surface area contributed by atoms with Gasteiger partial charge in [0, 0.05) is 12.6 Å². The van der Waals surface area contributed by atoms with Crippen LogP contribution in [0.25, 0.3) is 0 Å². The van der Waals surface area contributed by atoms with Gasteiger partial charge >= 0.3 is 0 Å². The highest BCUT2D eigenvalue weighted by molar-refractivity contribution is 9.10. The molecule has 1 N–H and O–H groups in total. The minimum absolute atomic E-state index is 0.356. The van der Waals surface area contributed by atoms with Crippen molar-refractivity contribution < 1.29 is 4.74 Å². The molecular weight excluding hydrogens is 268 g/mol. The van der Waals surface area contributed by atoms with Gasteiger partial charge in [-0.2, -0.15) is 0 Å². The van der Waals surface area contributed by atoms with Gasteiger partial charge in [0.25, 0.3) is 0 Å². The van der Waals surface area contributed by atoms with Gasteiger partial charge in [-0.05, 0) is 54.8 Å². The Morgan fingerprint density at radius 1 is 1.50 bits per heavy atom. The zero-order valence-corrected chi connectivity index (χ0v) is 11.3. The van der Waals surface area contributed by atoms with Crippen molar-refractivity contribution >= 4 is 21.6 Å². The van der Waals surface area contributed by atoms with Gasteiger partial charge in [0.2, 0.25) is 0 Å². The van der Waals surface area contributed by atoms with E-state index < -0.39 is 0 Å². The van der Waals surface area contributed by atoms with Crippen molar-refractivity contribution in [1.29, 1.82) is 0 Å². The van der Waals surface area contributed by atoms with Crippen molar-refractivity contribution in [3.05, 3.63) is 22.4 Å². The zero-order valence-electron chi connectivity index (χ0n) is 9.66. The third-order valence-corrected chi connectivity index (χ3v) is 3.34. The van der Waals surface area contributed by atoms with Crippen LogP contribution in [-0.2, 0) is 4.74 Å². The van der Waals surface area contributed by atoms with Crippen molar-refractivity contribution in [2.45, 2.75) is 38.8 Å². The lowest BCUT2D eigenvalue weighted by Crippen LogP contribution is -2.32. The average molecular weight is 285 g/mol. The lowest BCUT2D eigenvalue weighted by molar-refractivity contribution is 0.0232. The second kappa shape index (κ2) is 5.15. The van der Waals surface area contributed by atoms with Gasteiger partial charge in [0.05, 0.1) is 17.5 Å². The molecule has 2 atom stereocenters. The summed E-state index contributed by atoms with van der Waals surface area (Å²) in [5, 5.41) is 3.54. The monoisotopic (exact) mass is 284 g/mol. The lowest BCUT2D eigenvalue weighted by Gasteiger charge is -2.29. The molecule has 0 saturated carbocycles. The van der Waals surface area contributed by atoms with Gasteiger partial charge in [-0.25, -0.2) is 4.98 Å². The Balaban J connectivity index is 2.02. The number of hydrogen-bond donors (Lipinski definition) is 1. The summed E-state index contributed by atoms with van der Waals surface area (Å²) >= 11 is 3.37. The molecule has 0 radical (unpaired) electrons. The first kappa shape index (κ1) is 11.9. The van der Waals surface area contributed by atoms with Gasteiger partial charge < -0.3 is 10.1 Å². The Hall–Kier alpha value is -0.610. The molecule has 16 heavy (non-hydrogen) atoms. The molecule has 2 heterocycles. The third kappa shape index (κ3) is 2.95. The molecule has 2 unspecified atom stereocenters. The molecule has 1 aromatic rings. The smallest absolute Gasteiger partial charge is 0.106 e. The summed E-state index contributed by atoms with van der Waals surface area (Å²) in [6.45, 7) is 5.00. The van der Waals surface area contributed by atoms with E-state index in [9.17, 15) is 0 Å². The number of halogens is 1. The van der Waals surface area contributed by atoms with Crippen LogP contribution in [0.1, 0.15) is 25.5 Å². The maximum absolute atomic E-state index is 5.53. The minimum Gasteiger partial charge on any atom is -0.381 e. The van der Waals surface area contributed by atoms with Crippen LogP contribution in [0, 0.1) is 6.92 Å². The molecule has 0 aliphatic carbocycles. The number of aryl methyl sites for hydroxylation is 1. The van der Waals surface area contributed by atoms with E-state index in [1.54, 1.807) is 0 Å². The highest BCUT2D eigenvalue weighted by Crippen LogP contribution is 2.21. The fourth-order valence-corrected chi connectivity index (χ4v) is 2.43. The predicted molar refractivity (Wildman–Crippen MR) is 68.7 cm³/mol. The topological polar surface area (TPSA) is 34.2 Å². The number of anilines is 1. The number of nitrogens with one attached hydrogen (secondary N) is 1. The number of nitrogens with zero attached hydrogens (tertiary/aromatic N) is 1. The summed E-state index contributed by atoms with van der Waals surface area (Å²) in [5.74, 6) is 0. The first-order valence-corrected chi connectivity index (χ1v) is 6.46. The molecule has 1 aliphatic heterocycles. The van der Waals surface area contributed by atoms with E-state index in [0.29, 0.717) is 12.1 Å². The molecule has 0 amide bonds. The summed E-state index contributed by atoms with van der Waals surface area (Å²) in [6, 6.07) is 4.55. The molecule has 4 heteroatoms. The zero-order chi connectivity index (χ0) is 11.5. The van der Waals surface area contributed by atoms with Crippen LogP contribution in [0.2, 0.25) is 0 Å².